The molecule has 3 nitrogen and oxygen atoms in total. The zero-order valence-electron chi connectivity index (χ0n) is 10.7. The van der Waals surface area contributed by atoms with Gasteiger partial charge in [0.25, 0.3) is 0 Å². The molecule has 2 rings (SSSR count). The van der Waals surface area contributed by atoms with Crippen molar-refractivity contribution in [2.75, 3.05) is 0 Å². The zero-order valence-corrected chi connectivity index (χ0v) is 11.5. The van der Waals surface area contributed by atoms with Crippen LogP contribution in [0.15, 0.2) is 18.2 Å². The van der Waals surface area contributed by atoms with Crippen molar-refractivity contribution in [1.29, 1.82) is 0 Å². The standard InChI is InChI=1S/C15H15ClO3/c1-2-9-6-7-10(11(16)8-9)15(19)14-12(17)4-3-5-13(14)18/h6-8,14H,2-5H2,1H3. The highest BCUT2D eigenvalue weighted by atomic mass is 35.5. The van der Waals surface area contributed by atoms with Gasteiger partial charge in [-0.1, -0.05) is 24.6 Å². The molecule has 0 spiro atoms. The van der Waals surface area contributed by atoms with Crippen molar-refractivity contribution in [2.45, 2.75) is 32.6 Å². The molecule has 0 atom stereocenters. The molecule has 0 heterocycles. The second kappa shape index (κ2) is 5.66. The lowest BCUT2D eigenvalue weighted by Gasteiger charge is -2.18. The highest BCUT2D eigenvalue weighted by Gasteiger charge is 2.37. The Labute approximate surface area is 116 Å². The lowest BCUT2D eigenvalue weighted by molar-refractivity contribution is -0.133. The number of hydrogen-bond acceptors (Lipinski definition) is 3. The normalized spacial score (nSPS) is 16.7. The van der Waals surface area contributed by atoms with Crippen molar-refractivity contribution in [1.82, 2.24) is 0 Å². The minimum Gasteiger partial charge on any atom is -0.298 e. The largest absolute Gasteiger partial charge is 0.298 e. The number of carbonyl (C=O) groups is 3. The van der Waals surface area contributed by atoms with E-state index in [1.807, 2.05) is 6.92 Å². The summed E-state index contributed by atoms with van der Waals surface area (Å²) in [6, 6.07) is 5.13. The Morgan fingerprint density at radius 3 is 2.42 bits per heavy atom. The molecule has 1 aliphatic rings. The maximum atomic E-state index is 12.3. The monoisotopic (exact) mass is 278 g/mol. The van der Waals surface area contributed by atoms with Crippen LogP contribution in [0.3, 0.4) is 0 Å². The lowest BCUT2D eigenvalue weighted by Crippen LogP contribution is -2.35. The highest BCUT2D eigenvalue weighted by molar-refractivity contribution is 6.36. The van der Waals surface area contributed by atoms with Crippen LogP contribution in [0.5, 0.6) is 0 Å². The van der Waals surface area contributed by atoms with Gasteiger partial charge in [0.2, 0.25) is 0 Å². The summed E-state index contributed by atoms with van der Waals surface area (Å²) in [7, 11) is 0. The molecule has 0 N–H and O–H groups in total. The number of rotatable bonds is 3. The predicted octanol–water partition coefficient (Wildman–Crippen LogP) is 3.02. The van der Waals surface area contributed by atoms with Crippen LogP contribution >= 0.6 is 11.6 Å². The van der Waals surface area contributed by atoms with Crippen LogP contribution in [-0.2, 0) is 16.0 Å². The van der Waals surface area contributed by atoms with Crippen LogP contribution in [0.2, 0.25) is 5.02 Å². The Bertz CT molecular complexity index is 532. The third-order valence-electron chi connectivity index (χ3n) is 3.46. The second-order valence-electron chi connectivity index (χ2n) is 4.75. The first-order chi connectivity index (χ1) is 9.04. The molecule has 1 aliphatic carbocycles. The van der Waals surface area contributed by atoms with Gasteiger partial charge in [0, 0.05) is 18.4 Å². The molecular formula is C15H15ClO3. The van der Waals surface area contributed by atoms with Crippen molar-refractivity contribution >= 4 is 29.0 Å². The van der Waals surface area contributed by atoms with E-state index < -0.39 is 11.7 Å². The fraction of sp³-hybridized carbons (Fsp3) is 0.400. The van der Waals surface area contributed by atoms with E-state index in [0.717, 1.165) is 12.0 Å². The van der Waals surface area contributed by atoms with E-state index in [4.69, 9.17) is 11.6 Å². The van der Waals surface area contributed by atoms with Gasteiger partial charge in [-0.2, -0.15) is 0 Å². The first kappa shape index (κ1) is 13.9. The van der Waals surface area contributed by atoms with E-state index in [1.54, 1.807) is 18.2 Å². The predicted molar refractivity (Wildman–Crippen MR) is 72.5 cm³/mol. The molecule has 0 radical (unpaired) electrons. The van der Waals surface area contributed by atoms with Crippen LogP contribution in [0.4, 0.5) is 0 Å². The molecule has 0 amide bonds. The van der Waals surface area contributed by atoms with Gasteiger partial charge in [-0.25, -0.2) is 0 Å². The summed E-state index contributed by atoms with van der Waals surface area (Å²) in [6.07, 6.45) is 1.96. The average molecular weight is 279 g/mol. The van der Waals surface area contributed by atoms with Gasteiger partial charge >= 0.3 is 0 Å². The smallest absolute Gasteiger partial charge is 0.182 e. The number of halogens is 1. The van der Waals surface area contributed by atoms with Crippen molar-refractivity contribution in [3.63, 3.8) is 0 Å². The summed E-state index contributed by atoms with van der Waals surface area (Å²) in [6.45, 7) is 1.99. The van der Waals surface area contributed by atoms with Gasteiger partial charge in [0.05, 0.1) is 5.02 Å². The topological polar surface area (TPSA) is 51.2 Å². The maximum Gasteiger partial charge on any atom is 0.182 e. The maximum absolute atomic E-state index is 12.3. The SMILES string of the molecule is CCc1ccc(C(=O)C2C(=O)CCCC2=O)c(Cl)c1. The lowest BCUT2D eigenvalue weighted by atomic mass is 9.81. The summed E-state index contributed by atoms with van der Waals surface area (Å²) in [5.41, 5.74) is 1.29. The molecule has 4 heteroatoms. The number of ketones is 3. The Morgan fingerprint density at radius 1 is 1.26 bits per heavy atom. The minimum absolute atomic E-state index is 0.271. The van der Waals surface area contributed by atoms with Crippen LogP contribution in [0, 0.1) is 5.92 Å². The van der Waals surface area contributed by atoms with E-state index >= 15 is 0 Å². The van der Waals surface area contributed by atoms with Crippen molar-refractivity contribution in [2.24, 2.45) is 5.92 Å². The Morgan fingerprint density at radius 2 is 1.89 bits per heavy atom. The van der Waals surface area contributed by atoms with E-state index in [-0.39, 0.29) is 17.1 Å². The Kier molecular flexibility index (Phi) is 4.15. The molecule has 0 aliphatic heterocycles. The number of Topliss-reactive ketones (excluding diaryl/α,β-unsaturated/α-hetero) is 3. The van der Waals surface area contributed by atoms with Gasteiger partial charge < -0.3 is 0 Å². The summed E-state index contributed by atoms with van der Waals surface area (Å²) >= 11 is 6.07. The summed E-state index contributed by atoms with van der Waals surface area (Å²) < 4.78 is 0. The van der Waals surface area contributed by atoms with Gasteiger partial charge in [-0.05, 0) is 30.5 Å². The van der Waals surface area contributed by atoms with Crippen LogP contribution in [0.25, 0.3) is 0 Å². The minimum atomic E-state index is -1.14. The Balaban J connectivity index is 2.33. The Hall–Kier alpha value is -1.48. The van der Waals surface area contributed by atoms with Crippen molar-refractivity contribution in [3.8, 4) is 0 Å². The van der Waals surface area contributed by atoms with Crippen LogP contribution < -0.4 is 0 Å². The molecule has 100 valence electrons. The summed E-state index contributed by atoms with van der Waals surface area (Å²) in [4.78, 5) is 35.9. The third kappa shape index (κ3) is 2.76. The fourth-order valence-corrected chi connectivity index (χ4v) is 2.63. The van der Waals surface area contributed by atoms with Crippen LogP contribution in [0.1, 0.15) is 42.1 Å². The van der Waals surface area contributed by atoms with Crippen molar-refractivity contribution < 1.29 is 14.4 Å². The van der Waals surface area contributed by atoms with Gasteiger partial charge in [0.15, 0.2) is 17.3 Å². The molecule has 0 bridgehead atoms. The molecule has 0 aromatic heterocycles. The first-order valence-electron chi connectivity index (χ1n) is 6.42. The number of hydrogen-bond donors (Lipinski definition) is 0. The van der Waals surface area contributed by atoms with E-state index in [1.165, 1.54) is 0 Å². The molecule has 1 fully saturated rings. The molecule has 19 heavy (non-hydrogen) atoms. The van der Waals surface area contributed by atoms with Gasteiger partial charge in [-0.15, -0.1) is 0 Å². The third-order valence-corrected chi connectivity index (χ3v) is 3.77. The summed E-state index contributed by atoms with van der Waals surface area (Å²) in [5.74, 6) is -2.16. The molecular weight excluding hydrogens is 264 g/mol. The molecule has 1 aromatic rings. The van der Waals surface area contributed by atoms with E-state index in [9.17, 15) is 14.4 Å². The molecule has 0 saturated heterocycles. The quantitative estimate of drug-likeness (QED) is 0.631. The van der Waals surface area contributed by atoms with E-state index in [0.29, 0.717) is 24.3 Å². The fourth-order valence-electron chi connectivity index (χ4n) is 2.33. The van der Waals surface area contributed by atoms with Gasteiger partial charge in [0.1, 0.15) is 5.92 Å². The number of benzene rings is 1. The van der Waals surface area contributed by atoms with Gasteiger partial charge in [-0.3, -0.25) is 14.4 Å². The highest BCUT2D eigenvalue weighted by Crippen LogP contribution is 2.26. The number of aryl methyl sites for hydroxylation is 1. The second-order valence-corrected chi connectivity index (χ2v) is 5.16. The van der Waals surface area contributed by atoms with Crippen molar-refractivity contribution in [3.05, 3.63) is 34.3 Å². The van der Waals surface area contributed by atoms with Crippen LogP contribution in [-0.4, -0.2) is 17.3 Å². The van der Waals surface area contributed by atoms with E-state index in [2.05, 4.69) is 0 Å². The average Bonchev–Trinajstić information content (AvgIpc) is 2.38. The number of carbonyl (C=O) groups excluding carboxylic acids is 3. The summed E-state index contributed by atoms with van der Waals surface area (Å²) in [5, 5.41) is 0.315. The molecule has 1 aromatic carbocycles. The molecule has 1 saturated carbocycles. The molecule has 0 unspecified atom stereocenters. The zero-order chi connectivity index (χ0) is 14.0. The first-order valence-corrected chi connectivity index (χ1v) is 6.80.